The third-order valence-electron chi connectivity index (χ3n) is 3.06. The fraction of sp³-hybridized carbons (Fsp3) is 0.500. The Morgan fingerprint density at radius 1 is 1.31 bits per heavy atom. The Labute approximate surface area is 97.9 Å². The Kier molecular flexibility index (Phi) is 3.87. The number of benzene rings is 1. The van der Waals surface area contributed by atoms with Gasteiger partial charge in [0.2, 0.25) is 0 Å². The summed E-state index contributed by atoms with van der Waals surface area (Å²) in [6.45, 7) is 7.91. The van der Waals surface area contributed by atoms with E-state index < -0.39 is 5.54 Å². The van der Waals surface area contributed by atoms with Crippen LogP contribution in [-0.2, 0) is 0 Å². The lowest BCUT2D eigenvalue weighted by Crippen LogP contribution is -2.44. The van der Waals surface area contributed by atoms with Gasteiger partial charge >= 0.3 is 0 Å². The zero-order chi connectivity index (χ0) is 12.3. The highest BCUT2D eigenvalue weighted by Crippen LogP contribution is 2.18. The van der Waals surface area contributed by atoms with Gasteiger partial charge < -0.3 is 5.73 Å². The van der Waals surface area contributed by atoms with E-state index in [2.05, 4.69) is 0 Å². The Morgan fingerprint density at radius 3 is 2.44 bits per heavy atom. The van der Waals surface area contributed by atoms with Gasteiger partial charge in [-0.2, -0.15) is 0 Å². The van der Waals surface area contributed by atoms with E-state index in [1.807, 2.05) is 45.9 Å². The highest BCUT2D eigenvalue weighted by molar-refractivity contribution is 6.02. The van der Waals surface area contributed by atoms with Gasteiger partial charge in [0.05, 0.1) is 5.54 Å². The van der Waals surface area contributed by atoms with Crippen molar-refractivity contribution in [1.29, 1.82) is 0 Å². The lowest BCUT2D eigenvalue weighted by molar-refractivity contribution is 0.0893. The van der Waals surface area contributed by atoms with Crippen LogP contribution >= 0.6 is 0 Å². The van der Waals surface area contributed by atoms with Crippen LogP contribution in [-0.4, -0.2) is 11.3 Å². The van der Waals surface area contributed by atoms with Crippen LogP contribution in [0.15, 0.2) is 18.2 Å². The minimum Gasteiger partial charge on any atom is -0.319 e. The summed E-state index contributed by atoms with van der Waals surface area (Å²) in [6.07, 6.45) is 1.64. The molecule has 0 aromatic heterocycles. The van der Waals surface area contributed by atoms with Gasteiger partial charge in [-0.1, -0.05) is 25.5 Å². The van der Waals surface area contributed by atoms with Crippen LogP contribution < -0.4 is 5.73 Å². The van der Waals surface area contributed by atoms with Crippen molar-refractivity contribution in [2.45, 2.75) is 46.1 Å². The lowest BCUT2D eigenvalue weighted by atomic mass is 9.87. The van der Waals surface area contributed by atoms with Crippen LogP contribution in [0.4, 0.5) is 0 Å². The second kappa shape index (κ2) is 4.79. The van der Waals surface area contributed by atoms with E-state index in [-0.39, 0.29) is 5.78 Å². The smallest absolute Gasteiger partial charge is 0.182 e. The van der Waals surface area contributed by atoms with Gasteiger partial charge in [-0.3, -0.25) is 4.79 Å². The Bertz CT molecular complexity index is 394. The number of hydrogen-bond acceptors (Lipinski definition) is 2. The molecule has 2 heteroatoms. The molecule has 1 atom stereocenters. The number of nitrogens with two attached hydrogens (primary N) is 1. The minimum absolute atomic E-state index is 0.0393. The standard InChI is InChI=1S/C14H21NO/c1-5-8-14(4,15)13(16)12-7-6-10(2)11(3)9-12/h6-7,9H,5,8,15H2,1-4H3. The van der Waals surface area contributed by atoms with Gasteiger partial charge in [-0.15, -0.1) is 0 Å². The van der Waals surface area contributed by atoms with Crippen molar-refractivity contribution < 1.29 is 4.79 Å². The molecule has 0 aliphatic rings. The molecule has 2 nitrogen and oxygen atoms in total. The number of aryl methyl sites for hydroxylation is 2. The molecule has 0 bridgehead atoms. The molecule has 0 radical (unpaired) electrons. The molecular formula is C14H21NO. The summed E-state index contributed by atoms with van der Waals surface area (Å²) in [6, 6.07) is 5.77. The molecule has 0 heterocycles. The van der Waals surface area contributed by atoms with Crippen LogP contribution in [0.3, 0.4) is 0 Å². The summed E-state index contributed by atoms with van der Waals surface area (Å²) in [4.78, 5) is 12.2. The first-order valence-electron chi connectivity index (χ1n) is 5.79. The van der Waals surface area contributed by atoms with Crippen molar-refractivity contribution in [3.63, 3.8) is 0 Å². The molecule has 0 aliphatic carbocycles. The SMILES string of the molecule is CCCC(C)(N)C(=O)c1ccc(C)c(C)c1. The van der Waals surface area contributed by atoms with Crippen molar-refractivity contribution in [1.82, 2.24) is 0 Å². The molecule has 16 heavy (non-hydrogen) atoms. The normalized spacial score (nSPS) is 14.6. The second-order valence-corrected chi connectivity index (χ2v) is 4.80. The fourth-order valence-corrected chi connectivity index (χ4v) is 1.85. The molecule has 0 fully saturated rings. The first-order valence-corrected chi connectivity index (χ1v) is 5.79. The van der Waals surface area contributed by atoms with E-state index in [9.17, 15) is 4.79 Å². The quantitative estimate of drug-likeness (QED) is 0.791. The summed E-state index contributed by atoms with van der Waals surface area (Å²) >= 11 is 0. The predicted molar refractivity (Wildman–Crippen MR) is 67.7 cm³/mol. The maximum Gasteiger partial charge on any atom is 0.182 e. The predicted octanol–water partition coefficient (Wildman–Crippen LogP) is 3.00. The zero-order valence-corrected chi connectivity index (χ0v) is 10.6. The lowest BCUT2D eigenvalue weighted by Gasteiger charge is -2.22. The summed E-state index contributed by atoms with van der Waals surface area (Å²) in [5.74, 6) is 0.0393. The Balaban J connectivity index is 3.01. The molecule has 0 aliphatic heterocycles. The molecule has 1 rings (SSSR count). The second-order valence-electron chi connectivity index (χ2n) is 4.80. The van der Waals surface area contributed by atoms with Crippen LogP contribution in [0, 0.1) is 13.8 Å². The van der Waals surface area contributed by atoms with Gasteiger partial charge in [0.25, 0.3) is 0 Å². The average molecular weight is 219 g/mol. The molecule has 0 saturated heterocycles. The largest absolute Gasteiger partial charge is 0.319 e. The van der Waals surface area contributed by atoms with Gasteiger partial charge in [-0.25, -0.2) is 0 Å². The minimum atomic E-state index is -0.740. The van der Waals surface area contributed by atoms with Gasteiger partial charge in [0, 0.05) is 5.56 Å². The summed E-state index contributed by atoms with van der Waals surface area (Å²) in [7, 11) is 0. The van der Waals surface area contributed by atoms with Crippen molar-refractivity contribution in [3.8, 4) is 0 Å². The molecule has 88 valence electrons. The number of rotatable bonds is 4. The van der Waals surface area contributed by atoms with E-state index in [0.717, 1.165) is 24.0 Å². The number of carbonyl (C=O) groups is 1. The van der Waals surface area contributed by atoms with E-state index in [4.69, 9.17) is 5.73 Å². The Morgan fingerprint density at radius 2 is 1.94 bits per heavy atom. The van der Waals surface area contributed by atoms with Crippen LogP contribution in [0.5, 0.6) is 0 Å². The van der Waals surface area contributed by atoms with Crippen LogP contribution in [0.2, 0.25) is 0 Å². The molecule has 1 aromatic rings. The first kappa shape index (κ1) is 12.9. The highest BCUT2D eigenvalue weighted by atomic mass is 16.1. The number of ketones is 1. The van der Waals surface area contributed by atoms with E-state index in [1.54, 1.807) is 0 Å². The topological polar surface area (TPSA) is 43.1 Å². The maximum atomic E-state index is 12.2. The van der Waals surface area contributed by atoms with Gasteiger partial charge in [-0.05, 0) is 44.4 Å². The third kappa shape index (κ3) is 2.70. The highest BCUT2D eigenvalue weighted by Gasteiger charge is 2.28. The summed E-state index contributed by atoms with van der Waals surface area (Å²) < 4.78 is 0. The molecule has 0 saturated carbocycles. The molecule has 0 amide bonds. The molecule has 2 N–H and O–H groups in total. The zero-order valence-electron chi connectivity index (χ0n) is 10.6. The molecule has 0 spiro atoms. The van der Waals surface area contributed by atoms with Crippen molar-refractivity contribution >= 4 is 5.78 Å². The summed E-state index contributed by atoms with van der Waals surface area (Å²) in [5, 5.41) is 0. The molecule has 1 aromatic carbocycles. The van der Waals surface area contributed by atoms with E-state index in [0.29, 0.717) is 0 Å². The Hall–Kier alpha value is -1.15. The number of hydrogen-bond donors (Lipinski definition) is 1. The van der Waals surface area contributed by atoms with Crippen molar-refractivity contribution in [2.24, 2.45) is 5.73 Å². The van der Waals surface area contributed by atoms with E-state index >= 15 is 0 Å². The van der Waals surface area contributed by atoms with Gasteiger partial charge in [0.15, 0.2) is 5.78 Å². The maximum absolute atomic E-state index is 12.2. The number of Topliss-reactive ketones (excluding diaryl/α,β-unsaturated/α-hetero) is 1. The monoisotopic (exact) mass is 219 g/mol. The fourth-order valence-electron chi connectivity index (χ4n) is 1.85. The van der Waals surface area contributed by atoms with Gasteiger partial charge in [0.1, 0.15) is 0 Å². The number of carbonyl (C=O) groups excluding carboxylic acids is 1. The van der Waals surface area contributed by atoms with Crippen molar-refractivity contribution in [3.05, 3.63) is 34.9 Å². The third-order valence-corrected chi connectivity index (χ3v) is 3.06. The summed E-state index contributed by atoms with van der Waals surface area (Å²) in [5.41, 5.74) is 8.36. The average Bonchev–Trinajstić information content (AvgIpc) is 2.21. The molecule has 1 unspecified atom stereocenters. The van der Waals surface area contributed by atoms with Crippen LogP contribution in [0.1, 0.15) is 48.2 Å². The van der Waals surface area contributed by atoms with Crippen molar-refractivity contribution in [2.75, 3.05) is 0 Å². The first-order chi connectivity index (χ1) is 7.38. The van der Waals surface area contributed by atoms with Crippen LogP contribution in [0.25, 0.3) is 0 Å². The van der Waals surface area contributed by atoms with E-state index in [1.165, 1.54) is 5.56 Å². The molecular weight excluding hydrogens is 198 g/mol.